The van der Waals surface area contributed by atoms with Gasteiger partial charge in [0.15, 0.2) is 12.4 Å². The van der Waals surface area contributed by atoms with Gasteiger partial charge < -0.3 is 5.11 Å². The lowest BCUT2D eigenvalue weighted by atomic mass is 9.98. The van der Waals surface area contributed by atoms with Crippen LogP contribution in [-0.4, -0.2) is 33.0 Å². The van der Waals surface area contributed by atoms with Crippen molar-refractivity contribution in [2.24, 2.45) is 0 Å². The molecule has 7 nitrogen and oxygen atoms in total. The number of rotatable bonds is 6. The lowest BCUT2D eigenvalue weighted by Crippen LogP contribution is -2.40. The van der Waals surface area contributed by atoms with Crippen LogP contribution in [0.25, 0.3) is 17.0 Å². The second kappa shape index (κ2) is 8.83. The van der Waals surface area contributed by atoms with Crippen molar-refractivity contribution in [1.82, 2.24) is 14.7 Å². The topological polar surface area (TPSA) is 82.1 Å². The number of imide groups is 1. The number of benzene rings is 1. The first-order valence-corrected chi connectivity index (χ1v) is 11.3. The number of halogens is 1. The predicted molar refractivity (Wildman–Crippen MR) is 124 cm³/mol. The number of amides is 2. The summed E-state index contributed by atoms with van der Waals surface area (Å²) in [5.41, 5.74) is 2.35. The second-order valence-corrected chi connectivity index (χ2v) is 8.82. The van der Waals surface area contributed by atoms with Crippen LogP contribution in [0.2, 0.25) is 5.02 Å². The van der Waals surface area contributed by atoms with Gasteiger partial charge in [-0.3, -0.25) is 14.5 Å². The van der Waals surface area contributed by atoms with Crippen LogP contribution in [-0.2, 0) is 9.59 Å². The van der Waals surface area contributed by atoms with Crippen molar-refractivity contribution >= 4 is 34.7 Å². The molecule has 1 aromatic carbocycles. The van der Waals surface area contributed by atoms with E-state index in [1.807, 2.05) is 33.8 Å². The summed E-state index contributed by atoms with van der Waals surface area (Å²) in [6, 6.07) is 10.4. The highest BCUT2D eigenvalue weighted by Crippen LogP contribution is 2.39. The van der Waals surface area contributed by atoms with Crippen molar-refractivity contribution < 1.29 is 19.3 Å². The minimum absolute atomic E-state index is 0.0953. The molecular formula is C25H25ClN4O3. The summed E-state index contributed by atoms with van der Waals surface area (Å²) >= 11 is 6.00. The smallest absolute Gasteiger partial charge is 0.326 e. The third-order valence-corrected chi connectivity index (χ3v) is 5.79. The molecule has 170 valence electrons. The maximum Gasteiger partial charge on any atom is 0.326 e. The number of carbonyl (C=O) groups is 2. The molecule has 1 aliphatic rings. The Labute approximate surface area is 197 Å². The molecule has 3 aromatic rings. The van der Waals surface area contributed by atoms with E-state index in [9.17, 15) is 14.7 Å². The molecule has 0 saturated heterocycles. The van der Waals surface area contributed by atoms with Gasteiger partial charge in [-0.05, 0) is 55.5 Å². The molecule has 0 fully saturated rings. The van der Waals surface area contributed by atoms with Crippen LogP contribution in [0, 0.1) is 6.92 Å². The molecule has 0 spiro atoms. The molecule has 0 saturated carbocycles. The van der Waals surface area contributed by atoms with E-state index in [4.69, 9.17) is 11.6 Å². The van der Waals surface area contributed by atoms with Crippen LogP contribution in [0.3, 0.4) is 0 Å². The van der Waals surface area contributed by atoms with Gasteiger partial charge in [-0.25, -0.2) is 4.68 Å². The molecule has 0 atom stereocenters. The Morgan fingerprint density at radius 3 is 2.42 bits per heavy atom. The first kappa shape index (κ1) is 22.7. The molecule has 4 rings (SSSR count). The molecule has 33 heavy (non-hydrogen) atoms. The highest BCUT2D eigenvalue weighted by molar-refractivity contribution is 6.45. The fourth-order valence-corrected chi connectivity index (χ4v) is 4.13. The number of hydrogen-bond acceptors (Lipinski definition) is 4. The number of aryl methyl sites for hydroxylation is 1. The molecular weight excluding hydrogens is 440 g/mol. The summed E-state index contributed by atoms with van der Waals surface area (Å²) in [5, 5.41) is 18.8. The molecule has 0 radical (unpaired) electrons. The Hall–Kier alpha value is -3.45. The van der Waals surface area contributed by atoms with Crippen molar-refractivity contribution in [1.29, 1.82) is 0 Å². The zero-order valence-electron chi connectivity index (χ0n) is 19.0. The van der Waals surface area contributed by atoms with Gasteiger partial charge in [0.05, 0.1) is 11.4 Å². The third-order valence-electron chi connectivity index (χ3n) is 5.54. The quantitative estimate of drug-likeness (QED) is 0.413. The molecule has 0 unspecified atom stereocenters. The van der Waals surface area contributed by atoms with Crippen LogP contribution in [0.1, 0.15) is 49.9 Å². The molecule has 2 amide bonds. The first-order chi connectivity index (χ1) is 15.7. The predicted octanol–water partition coefficient (Wildman–Crippen LogP) is 3.47. The molecule has 2 aromatic heterocycles. The molecule has 0 aliphatic carbocycles. The van der Waals surface area contributed by atoms with Crippen molar-refractivity contribution in [2.45, 2.75) is 40.0 Å². The van der Waals surface area contributed by atoms with Crippen LogP contribution in [0.15, 0.2) is 48.8 Å². The van der Waals surface area contributed by atoms with Crippen LogP contribution < -0.4 is 9.67 Å². The summed E-state index contributed by atoms with van der Waals surface area (Å²) in [4.78, 5) is 28.1. The van der Waals surface area contributed by atoms with Gasteiger partial charge in [-0.15, -0.1) is 0 Å². The lowest BCUT2D eigenvalue weighted by molar-refractivity contribution is -0.577. The Morgan fingerprint density at radius 2 is 1.82 bits per heavy atom. The van der Waals surface area contributed by atoms with Gasteiger partial charge in [0.2, 0.25) is 0 Å². The van der Waals surface area contributed by atoms with Crippen molar-refractivity contribution in [2.75, 3.05) is 6.54 Å². The van der Waals surface area contributed by atoms with E-state index >= 15 is 0 Å². The number of nitrogens with zero attached hydrogens (tertiary/aromatic N) is 4. The zero-order chi connectivity index (χ0) is 23.9. The monoisotopic (exact) mass is 464 g/mol. The first-order valence-electron chi connectivity index (χ1n) is 10.9. The lowest BCUT2D eigenvalue weighted by Gasteiger charge is -2.15. The van der Waals surface area contributed by atoms with E-state index in [0.29, 0.717) is 22.8 Å². The summed E-state index contributed by atoms with van der Waals surface area (Å²) in [6.07, 6.45) is 4.10. The average Bonchev–Trinajstić information content (AvgIpc) is 3.23. The van der Waals surface area contributed by atoms with Crippen LogP contribution in [0.5, 0.6) is 5.88 Å². The zero-order valence-corrected chi connectivity index (χ0v) is 19.8. The van der Waals surface area contributed by atoms with Crippen molar-refractivity contribution in [3.05, 3.63) is 70.6 Å². The van der Waals surface area contributed by atoms with Gasteiger partial charge in [0.1, 0.15) is 5.57 Å². The standard InChI is InChI=1S/C25H25ClN4O3/c1-5-12-29-23(31)20(22(25(29)33)28-13-6-7-16(4)14-28)19-21(15(2)3)27-30(24(19)32)18-10-8-17(26)9-11-18/h6-11,13-15H,5,12H2,1-4H3. The maximum absolute atomic E-state index is 13.7. The van der Waals surface area contributed by atoms with E-state index in [0.717, 1.165) is 5.56 Å². The van der Waals surface area contributed by atoms with Gasteiger partial charge >= 0.3 is 5.91 Å². The summed E-state index contributed by atoms with van der Waals surface area (Å²) in [6.45, 7) is 7.88. The van der Waals surface area contributed by atoms with E-state index in [1.54, 1.807) is 47.3 Å². The van der Waals surface area contributed by atoms with Crippen LogP contribution in [0.4, 0.5) is 0 Å². The van der Waals surface area contributed by atoms with E-state index < -0.39 is 17.7 Å². The van der Waals surface area contributed by atoms with Gasteiger partial charge in [-0.2, -0.15) is 9.67 Å². The Morgan fingerprint density at radius 1 is 1.12 bits per heavy atom. The normalized spacial score (nSPS) is 14.2. The number of hydrogen-bond donors (Lipinski definition) is 0. The minimum atomic E-state index is -0.472. The Bertz CT molecular complexity index is 1280. The molecule has 1 aliphatic heterocycles. The third kappa shape index (κ3) is 3.93. The average molecular weight is 465 g/mol. The van der Waals surface area contributed by atoms with Gasteiger partial charge in [0, 0.05) is 28.8 Å². The fraction of sp³-hybridized carbons (Fsp3) is 0.280. The highest BCUT2D eigenvalue weighted by Gasteiger charge is 2.46. The Kier molecular flexibility index (Phi) is 6.08. The summed E-state index contributed by atoms with van der Waals surface area (Å²) in [7, 11) is 0. The number of pyridine rings is 1. The molecule has 0 bridgehead atoms. The largest absolute Gasteiger partial charge is 0.858 e. The van der Waals surface area contributed by atoms with Crippen LogP contribution >= 0.6 is 11.6 Å². The van der Waals surface area contributed by atoms with Crippen molar-refractivity contribution in [3.8, 4) is 11.6 Å². The molecule has 8 heteroatoms. The van der Waals surface area contributed by atoms with Gasteiger partial charge in [0.25, 0.3) is 11.6 Å². The molecule has 3 heterocycles. The maximum atomic E-state index is 13.7. The SMILES string of the molecule is CCCN1C(=O)C(c2c(C(C)C)nn(-c3ccc(Cl)cc3)c2[O-])=C([n+]2cccc(C)c2)C1=O. The summed E-state index contributed by atoms with van der Waals surface area (Å²) < 4.78 is 2.90. The highest BCUT2D eigenvalue weighted by atomic mass is 35.5. The van der Waals surface area contributed by atoms with E-state index in [-0.39, 0.29) is 29.3 Å². The number of aromatic nitrogens is 3. The van der Waals surface area contributed by atoms with E-state index in [2.05, 4.69) is 5.10 Å². The minimum Gasteiger partial charge on any atom is -0.858 e. The van der Waals surface area contributed by atoms with Gasteiger partial charge in [-0.1, -0.05) is 32.4 Å². The Balaban J connectivity index is 2.02. The fourth-order valence-electron chi connectivity index (χ4n) is 4.00. The summed E-state index contributed by atoms with van der Waals surface area (Å²) in [5.74, 6) is -1.48. The van der Waals surface area contributed by atoms with Crippen molar-refractivity contribution in [3.63, 3.8) is 0 Å². The number of carbonyl (C=O) groups excluding carboxylic acids is 2. The molecule has 0 N–H and O–H groups in total. The van der Waals surface area contributed by atoms with E-state index in [1.165, 1.54) is 9.58 Å². The second-order valence-electron chi connectivity index (χ2n) is 8.38.